The van der Waals surface area contributed by atoms with E-state index in [0.717, 1.165) is 45.9 Å². The Balaban J connectivity index is 1.25. The van der Waals surface area contributed by atoms with Gasteiger partial charge in [0.25, 0.3) is 0 Å². The van der Waals surface area contributed by atoms with Crippen LogP contribution in [0.3, 0.4) is 0 Å². The molecule has 0 aliphatic heterocycles. The molecular weight excluding hydrogens is 531 g/mol. The quantitative estimate of drug-likeness (QED) is 0.211. The number of carbonyl (C=O) groups is 1. The summed E-state index contributed by atoms with van der Waals surface area (Å²) in [5, 5.41) is 18.1. The van der Waals surface area contributed by atoms with E-state index in [1.807, 2.05) is 38.1 Å². The van der Waals surface area contributed by atoms with Crippen molar-refractivity contribution < 1.29 is 9.90 Å². The molecule has 0 aliphatic carbocycles. The molecule has 204 valence electrons. The van der Waals surface area contributed by atoms with E-state index in [1.54, 1.807) is 24.4 Å². The predicted molar refractivity (Wildman–Crippen MR) is 158 cm³/mol. The molecule has 1 amide bonds. The van der Waals surface area contributed by atoms with Gasteiger partial charge >= 0.3 is 0 Å². The number of carbonyl (C=O) groups excluding carboxylic acids is 1. The van der Waals surface area contributed by atoms with E-state index in [2.05, 4.69) is 51.4 Å². The molecule has 6 nitrogen and oxygen atoms in total. The van der Waals surface area contributed by atoms with Gasteiger partial charge in [-0.05, 0) is 80.3 Å². The van der Waals surface area contributed by atoms with Crippen molar-refractivity contribution in [1.29, 1.82) is 0 Å². The van der Waals surface area contributed by atoms with Crippen LogP contribution in [0.1, 0.15) is 46.7 Å². The molecule has 2 atom stereocenters. The van der Waals surface area contributed by atoms with Crippen LogP contribution >= 0.6 is 23.2 Å². The van der Waals surface area contributed by atoms with E-state index in [-0.39, 0.29) is 18.4 Å². The van der Waals surface area contributed by atoms with Crippen LogP contribution in [0.2, 0.25) is 10.0 Å². The number of halogens is 2. The van der Waals surface area contributed by atoms with Gasteiger partial charge in [-0.15, -0.1) is 0 Å². The van der Waals surface area contributed by atoms with Crippen LogP contribution in [0, 0.1) is 13.8 Å². The molecule has 4 aromatic rings. The van der Waals surface area contributed by atoms with Crippen molar-refractivity contribution >= 4 is 29.1 Å². The van der Waals surface area contributed by atoms with Crippen molar-refractivity contribution in [2.45, 2.75) is 52.3 Å². The van der Waals surface area contributed by atoms with Gasteiger partial charge in [0, 0.05) is 52.3 Å². The Bertz CT molecular complexity index is 1380. The third kappa shape index (κ3) is 8.16. The Morgan fingerprint density at radius 2 is 1.64 bits per heavy atom. The zero-order valence-electron chi connectivity index (χ0n) is 22.4. The number of aromatic nitrogens is 2. The molecule has 8 heteroatoms. The van der Waals surface area contributed by atoms with Gasteiger partial charge in [-0.1, -0.05) is 53.5 Å². The van der Waals surface area contributed by atoms with Crippen LogP contribution in [0.25, 0.3) is 5.82 Å². The normalized spacial score (nSPS) is 12.8. The highest BCUT2D eigenvalue weighted by molar-refractivity contribution is 6.34. The van der Waals surface area contributed by atoms with Gasteiger partial charge in [0.1, 0.15) is 5.82 Å². The summed E-state index contributed by atoms with van der Waals surface area (Å²) >= 11 is 12.1. The molecule has 0 spiro atoms. The predicted octanol–water partition coefficient (Wildman–Crippen LogP) is 5.91. The van der Waals surface area contributed by atoms with E-state index in [4.69, 9.17) is 23.2 Å². The second-order valence-electron chi connectivity index (χ2n) is 9.98. The number of hydrogen-bond acceptors (Lipinski definition) is 4. The fraction of sp³-hybridized carbons (Fsp3) is 0.290. The topological polar surface area (TPSA) is 79.2 Å². The maximum absolute atomic E-state index is 12.5. The highest BCUT2D eigenvalue weighted by atomic mass is 35.5. The zero-order chi connectivity index (χ0) is 27.9. The summed E-state index contributed by atoms with van der Waals surface area (Å²) in [6.45, 7) is 6.96. The highest BCUT2D eigenvalue weighted by Crippen LogP contribution is 2.20. The fourth-order valence-electron chi connectivity index (χ4n) is 4.64. The van der Waals surface area contributed by atoms with Crippen LogP contribution in [0.15, 0.2) is 72.9 Å². The minimum atomic E-state index is -0.662. The summed E-state index contributed by atoms with van der Waals surface area (Å²) in [6, 6.07) is 21.4. The number of aliphatic hydroxyl groups excluding tert-OH is 1. The molecule has 0 saturated carbocycles. The van der Waals surface area contributed by atoms with E-state index in [1.165, 1.54) is 0 Å². The van der Waals surface area contributed by atoms with Gasteiger partial charge < -0.3 is 20.3 Å². The Hall–Kier alpha value is -3.16. The lowest BCUT2D eigenvalue weighted by molar-refractivity contribution is -0.120. The second kappa shape index (κ2) is 13.3. The third-order valence-electron chi connectivity index (χ3n) is 6.63. The van der Waals surface area contributed by atoms with Crippen molar-refractivity contribution in [3.8, 4) is 5.82 Å². The standard InChI is InChI=1S/C31H34Cl2N4O2/c1-20(34-19-29(38)26-9-10-30(35-18-26)37-21(2)7-8-22(37)3)11-23-5-4-6-24(12-23)15-31(39)36-17-25-13-27(32)16-28(33)14-25/h4-10,12-14,16,18,20,29,34,38H,11,15,17,19H2,1-3H3,(H,36,39)/t20-,29+/m1/s1. The largest absolute Gasteiger partial charge is 0.387 e. The minimum Gasteiger partial charge on any atom is -0.387 e. The fourth-order valence-corrected chi connectivity index (χ4v) is 5.21. The molecule has 0 fully saturated rings. The monoisotopic (exact) mass is 564 g/mol. The SMILES string of the molecule is Cc1ccc(C)n1-c1ccc([C@@H](O)CN[C@H](C)Cc2cccc(CC(=O)NCc3cc(Cl)cc(Cl)c3)c2)cn1. The van der Waals surface area contributed by atoms with Crippen LogP contribution in [0.5, 0.6) is 0 Å². The Morgan fingerprint density at radius 3 is 2.31 bits per heavy atom. The van der Waals surface area contributed by atoms with Crippen LogP contribution < -0.4 is 10.6 Å². The Labute approximate surface area is 240 Å². The van der Waals surface area contributed by atoms with Crippen LogP contribution in [0.4, 0.5) is 0 Å². The number of amides is 1. The molecule has 0 bridgehead atoms. The Kier molecular flexibility index (Phi) is 9.81. The molecule has 0 unspecified atom stereocenters. The van der Waals surface area contributed by atoms with Gasteiger partial charge in [0.2, 0.25) is 5.91 Å². The first-order valence-corrected chi connectivity index (χ1v) is 13.8. The summed E-state index contributed by atoms with van der Waals surface area (Å²) in [6.07, 6.45) is 2.13. The molecule has 4 rings (SSSR count). The lowest BCUT2D eigenvalue weighted by Crippen LogP contribution is -2.32. The number of nitrogens with zero attached hydrogens (tertiary/aromatic N) is 2. The maximum atomic E-state index is 12.5. The van der Waals surface area contributed by atoms with Gasteiger partial charge in [0.05, 0.1) is 12.5 Å². The molecule has 0 radical (unpaired) electrons. The molecule has 2 aromatic heterocycles. The highest BCUT2D eigenvalue weighted by Gasteiger charge is 2.13. The van der Waals surface area contributed by atoms with Gasteiger partial charge in [0.15, 0.2) is 0 Å². The lowest BCUT2D eigenvalue weighted by Gasteiger charge is -2.18. The second-order valence-corrected chi connectivity index (χ2v) is 10.9. The number of hydrogen-bond donors (Lipinski definition) is 3. The lowest BCUT2D eigenvalue weighted by atomic mass is 10.0. The molecule has 0 aliphatic rings. The number of rotatable bonds is 11. The van der Waals surface area contributed by atoms with E-state index < -0.39 is 6.10 Å². The maximum Gasteiger partial charge on any atom is 0.224 e. The van der Waals surface area contributed by atoms with E-state index in [9.17, 15) is 9.90 Å². The molecule has 2 heterocycles. The third-order valence-corrected chi connectivity index (χ3v) is 7.06. The van der Waals surface area contributed by atoms with Crippen molar-refractivity contribution in [2.75, 3.05) is 6.54 Å². The summed E-state index contributed by atoms with van der Waals surface area (Å²) in [4.78, 5) is 17.1. The van der Waals surface area contributed by atoms with Gasteiger partial charge in [-0.25, -0.2) is 4.98 Å². The van der Waals surface area contributed by atoms with Crippen molar-refractivity contribution in [2.24, 2.45) is 0 Å². The average Bonchev–Trinajstić information content (AvgIpc) is 3.23. The summed E-state index contributed by atoms with van der Waals surface area (Å²) in [7, 11) is 0. The number of pyridine rings is 1. The molecular formula is C31H34Cl2N4O2. The molecule has 3 N–H and O–H groups in total. The number of benzene rings is 2. The van der Waals surface area contributed by atoms with Crippen molar-refractivity contribution in [1.82, 2.24) is 20.2 Å². The first kappa shape index (κ1) is 28.8. The van der Waals surface area contributed by atoms with Crippen molar-refractivity contribution in [3.05, 3.63) is 117 Å². The first-order valence-electron chi connectivity index (χ1n) is 13.0. The van der Waals surface area contributed by atoms with Crippen molar-refractivity contribution in [3.63, 3.8) is 0 Å². The molecule has 2 aromatic carbocycles. The van der Waals surface area contributed by atoms with Gasteiger partial charge in [-0.2, -0.15) is 0 Å². The number of nitrogens with one attached hydrogen (secondary N) is 2. The molecule has 39 heavy (non-hydrogen) atoms. The van der Waals surface area contributed by atoms with E-state index >= 15 is 0 Å². The van der Waals surface area contributed by atoms with Gasteiger partial charge in [-0.3, -0.25) is 4.79 Å². The average molecular weight is 566 g/mol. The van der Waals surface area contributed by atoms with E-state index in [0.29, 0.717) is 23.1 Å². The van der Waals surface area contributed by atoms with Crippen LogP contribution in [-0.2, 0) is 24.2 Å². The smallest absolute Gasteiger partial charge is 0.224 e. The summed E-state index contributed by atoms with van der Waals surface area (Å²) in [5.74, 6) is 0.772. The summed E-state index contributed by atoms with van der Waals surface area (Å²) < 4.78 is 2.09. The minimum absolute atomic E-state index is 0.0701. The Morgan fingerprint density at radius 1 is 0.949 bits per heavy atom. The number of aryl methyl sites for hydroxylation is 2. The summed E-state index contributed by atoms with van der Waals surface area (Å²) in [5.41, 5.74) is 5.94. The molecule has 0 saturated heterocycles. The number of aliphatic hydroxyl groups is 1. The van der Waals surface area contributed by atoms with Crippen LogP contribution in [-0.4, -0.2) is 33.2 Å². The zero-order valence-corrected chi connectivity index (χ0v) is 23.9. The first-order chi connectivity index (χ1) is 18.7.